The van der Waals surface area contributed by atoms with Crippen LogP contribution >= 0.6 is 0 Å². The number of hydrogen-bond acceptors (Lipinski definition) is 5. The predicted molar refractivity (Wildman–Crippen MR) is 116 cm³/mol. The third kappa shape index (κ3) is 6.21. The summed E-state index contributed by atoms with van der Waals surface area (Å²) in [6.45, 7) is 6.26. The van der Waals surface area contributed by atoms with E-state index in [1.54, 1.807) is 7.11 Å². The standard InChI is InChI=1S/C23H31NO4S/c1-18-5-6-19(2)23(15-18)28-13-4-12-24(21-11-14-29(25,26)17-21)16-20-7-9-22(27-3)10-8-20/h5-10,15,21H,4,11-14,16-17H2,1-3H3. The van der Waals surface area contributed by atoms with Crippen LogP contribution in [0.3, 0.4) is 0 Å². The van der Waals surface area contributed by atoms with Crippen molar-refractivity contribution in [2.24, 2.45) is 0 Å². The lowest BCUT2D eigenvalue weighted by molar-refractivity contribution is 0.183. The maximum absolute atomic E-state index is 12.0. The number of sulfone groups is 1. The summed E-state index contributed by atoms with van der Waals surface area (Å²) in [5.41, 5.74) is 3.47. The van der Waals surface area contributed by atoms with Gasteiger partial charge in [-0.05, 0) is 61.6 Å². The minimum atomic E-state index is -2.92. The van der Waals surface area contributed by atoms with Gasteiger partial charge in [-0.2, -0.15) is 0 Å². The minimum Gasteiger partial charge on any atom is -0.497 e. The first-order chi connectivity index (χ1) is 13.9. The Morgan fingerprint density at radius 3 is 2.52 bits per heavy atom. The molecule has 2 aromatic carbocycles. The van der Waals surface area contributed by atoms with Gasteiger partial charge in [0, 0.05) is 19.1 Å². The van der Waals surface area contributed by atoms with E-state index in [4.69, 9.17) is 9.47 Å². The molecule has 0 radical (unpaired) electrons. The van der Waals surface area contributed by atoms with E-state index < -0.39 is 9.84 Å². The van der Waals surface area contributed by atoms with Gasteiger partial charge in [0.05, 0.1) is 25.2 Å². The Bertz CT molecular complexity index is 909. The third-order valence-electron chi connectivity index (χ3n) is 5.46. The molecule has 1 saturated heterocycles. The molecule has 0 aliphatic carbocycles. The Morgan fingerprint density at radius 1 is 1.10 bits per heavy atom. The van der Waals surface area contributed by atoms with Crippen LogP contribution in [-0.4, -0.2) is 51.1 Å². The van der Waals surface area contributed by atoms with Crippen molar-refractivity contribution in [2.45, 2.75) is 39.3 Å². The van der Waals surface area contributed by atoms with E-state index in [0.717, 1.165) is 42.1 Å². The minimum absolute atomic E-state index is 0.0720. The number of rotatable bonds is 9. The van der Waals surface area contributed by atoms with Gasteiger partial charge in [-0.3, -0.25) is 4.90 Å². The van der Waals surface area contributed by atoms with Gasteiger partial charge >= 0.3 is 0 Å². The quantitative estimate of drug-likeness (QED) is 0.582. The summed E-state index contributed by atoms with van der Waals surface area (Å²) in [6.07, 6.45) is 1.55. The largest absolute Gasteiger partial charge is 0.497 e. The van der Waals surface area contributed by atoms with Gasteiger partial charge in [0.2, 0.25) is 0 Å². The van der Waals surface area contributed by atoms with Gasteiger partial charge in [-0.25, -0.2) is 8.42 Å². The molecule has 6 heteroatoms. The van der Waals surface area contributed by atoms with E-state index in [1.807, 2.05) is 31.2 Å². The average molecular weight is 418 g/mol. The Labute approximate surface area is 174 Å². The van der Waals surface area contributed by atoms with Gasteiger partial charge in [0.15, 0.2) is 9.84 Å². The Kier molecular flexibility index (Phi) is 7.19. The molecule has 0 spiro atoms. The number of ether oxygens (including phenoxy) is 2. The number of aryl methyl sites for hydroxylation is 2. The smallest absolute Gasteiger partial charge is 0.151 e. The summed E-state index contributed by atoms with van der Waals surface area (Å²) in [5.74, 6) is 2.29. The zero-order valence-corrected chi connectivity index (χ0v) is 18.4. The summed E-state index contributed by atoms with van der Waals surface area (Å²) >= 11 is 0. The van der Waals surface area contributed by atoms with Crippen LogP contribution in [0.2, 0.25) is 0 Å². The van der Waals surface area contributed by atoms with Crippen LogP contribution in [0, 0.1) is 13.8 Å². The molecule has 29 heavy (non-hydrogen) atoms. The van der Waals surface area contributed by atoms with Gasteiger partial charge < -0.3 is 9.47 Å². The highest BCUT2D eigenvalue weighted by molar-refractivity contribution is 7.91. The first-order valence-corrected chi connectivity index (χ1v) is 12.0. The molecule has 2 aromatic rings. The molecule has 0 aromatic heterocycles. The molecule has 1 heterocycles. The van der Waals surface area contributed by atoms with Crippen molar-refractivity contribution in [2.75, 3.05) is 31.8 Å². The second-order valence-corrected chi connectivity index (χ2v) is 10.1. The summed E-state index contributed by atoms with van der Waals surface area (Å²) in [7, 11) is -1.27. The van der Waals surface area contributed by atoms with Crippen LogP contribution in [0.25, 0.3) is 0 Å². The van der Waals surface area contributed by atoms with E-state index in [0.29, 0.717) is 13.0 Å². The molecule has 1 fully saturated rings. The van der Waals surface area contributed by atoms with Gasteiger partial charge in [-0.15, -0.1) is 0 Å². The number of benzene rings is 2. The van der Waals surface area contributed by atoms with Crippen molar-refractivity contribution < 1.29 is 17.9 Å². The summed E-state index contributed by atoms with van der Waals surface area (Å²) in [4.78, 5) is 2.29. The highest BCUT2D eigenvalue weighted by Gasteiger charge is 2.32. The number of nitrogens with zero attached hydrogens (tertiary/aromatic N) is 1. The molecule has 0 saturated carbocycles. The molecule has 5 nitrogen and oxygen atoms in total. The summed E-state index contributed by atoms with van der Waals surface area (Å²) < 4.78 is 35.2. The van der Waals surface area contributed by atoms with Crippen LogP contribution in [0.4, 0.5) is 0 Å². The molecule has 3 rings (SSSR count). The maximum Gasteiger partial charge on any atom is 0.151 e. The van der Waals surface area contributed by atoms with Gasteiger partial charge in [0.1, 0.15) is 11.5 Å². The molecule has 0 bridgehead atoms. The van der Waals surface area contributed by atoms with Crippen LogP contribution in [0.15, 0.2) is 42.5 Å². The van der Waals surface area contributed by atoms with Gasteiger partial charge in [0.25, 0.3) is 0 Å². The van der Waals surface area contributed by atoms with Crippen molar-refractivity contribution in [3.63, 3.8) is 0 Å². The lowest BCUT2D eigenvalue weighted by Crippen LogP contribution is -2.37. The Hall–Kier alpha value is -2.05. The fourth-order valence-corrected chi connectivity index (χ4v) is 5.49. The third-order valence-corrected chi connectivity index (χ3v) is 7.21. The van der Waals surface area contributed by atoms with Crippen molar-refractivity contribution in [1.29, 1.82) is 0 Å². The molecule has 0 N–H and O–H groups in total. The Morgan fingerprint density at radius 2 is 1.86 bits per heavy atom. The number of methoxy groups -OCH3 is 1. The fourth-order valence-electron chi connectivity index (χ4n) is 3.73. The zero-order valence-electron chi connectivity index (χ0n) is 17.6. The Balaban J connectivity index is 1.60. The normalized spacial score (nSPS) is 18.1. The van der Waals surface area contributed by atoms with E-state index in [-0.39, 0.29) is 17.5 Å². The van der Waals surface area contributed by atoms with Crippen LogP contribution in [0.1, 0.15) is 29.5 Å². The molecule has 1 aliphatic heterocycles. The topological polar surface area (TPSA) is 55.8 Å². The van der Waals surface area contributed by atoms with Crippen LogP contribution in [-0.2, 0) is 16.4 Å². The monoisotopic (exact) mass is 417 g/mol. The predicted octanol–water partition coefficient (Wildman–Crippen LogP) is 3.77. The average Bonchev–Trinajstić information content (AvgIpc) is 3.07. The molecular formula is C23H31NO4S. The summed E-state index contributed by atoms with van der Waals surface area (Å²) in [6, 6.07) is 14.3. The number of hydrogen-bond donors (Lipinski definition) is 0. The van der Waals surface area contributed by atoms with Crippen molar-refractivity contribution in [1.82, 2.24) is 4.90 Å². The molecule has 0 amide bonds. The first kappa shape index (κ1) is 21.7. The van der Waals surface area contributed by atoms with E-state index >= 15 is 0 Å². The molecular weight excluding hydrogens is 386 g/mol. The van der Waals surface area contributed by atoms with Crippen molar-refractivity contribution >= 4 is 9.84 Å². The lowest BCUT2D eigenvalue weighted by atomic mass is 10.1. The SMILES string of the molecule is COc1ccc(CN(CCCOc2cc(C)ccc2C)C2CCS(=O)(=O)C2)cc1. The van der Waals surface area contributed by atoms with E-state index in [9.17, 15) is 8.42 Å². The second-order valence-electron chi connectivity index (χ2n) is 7.85. The zero-order chi connectivity index (χ0) is 20.9. The van der Waals surface area contributed by atoms with Crippen LogP contribution in [0.5, 0.6) is 11.5 Å². The fraction of sp³-hybridized carbons (Fsp3) is 0.478. The van der Waals surface area contributed by atoms with Gasteiger partial charge in [-0.1, -0.05) is 24.3 Å². The van der Waals surface area contributed by atoms with Crippen molar-refractivity contribution in [3.05, 3.63) is 59.2 Å². The van der Waals surface area contributed by atoms with E-state index in [2.05, 4.69) is 30.0 Å². The molecule has 1 aliphatic rings. The second kappa shape index (κ2) is 9.63. The first-order valence-electron chi connectivity index (χ1n) is 10.1. The molecule has 1 unspecified atom stereocenters. The highest BCUT2D eigenvalue weighted by Crippen LogP contribution is 2.22. The molecule has 1 atom stereocenters. The highest BCUT2D eigenvalue weighted by atomic mass is 32.2. The van der Waals surface area contributed by atoms with E-state index in [1.165, 1.54) is 5.56 Å². The van der Waals surface area contributed by atoms with Crippen molar-refractivity contribution in [3.8, 4) is 11.5 Å². The molecule has 158 valence electrons. The summed E-state index contributed by atoms with van der Waals surface area (Å²) in [5, 5.41) is 0. The van der Waals surface area contributed by atoms with Crippen LogP contribution < -0.4 is 9.47 Å². The maximum atomic E-state index is 12.0. The lowest BCUT2D eigenvalue weighted by Gasteiger charge is -2.28.